The van der Waals surface area contributed by atoms with Crippen molar-refractivity contribution in [2.24, 2.45) is 0 Å². The minimum Gasteiger partial charge on any atom is -0.507 e. The van der Waals surface area contributed by atoms with Crippen molar-refractivity contribution >= 4 is 22.6 Å². The number of rotatable bonds is 1. The molecule has 0 saturated carbocycles. The number of aryl methyl sites for hydroxylation is 1. The van der Waals surface area contributed by atoms with Crippen LogP contribution in [0.15, 0.2) is 30.5 Å². The molecule has 4 heteroatoms. The average Bonchev–Trinajstić information content (AvgIpc) is 2.25. The van der Waals surface area contributed by atoms with E-state index < -0.39 is 0 Å². The fourth-order valence-electron chi connectivity index (χ4n) is 1.39. The zero-order valence-corrected chi connectivity index (χ0v) is 10.7. The molecule has 2 nitrogen and oxygen atoms in total. The molecule has 1 aromatic carbocycles. The number of nitrogens with zero attached hydrogens (tertiary/aromatic N) is 1. The minimum absolute atomic E-state index is 0.0811. The van der Waals surface area contributed by atoms with Crippen LogP contribution in [0.2, 0.25) is 0 Å². The highest BCUT2D eigenvalue weighted by Gasteiger charge is 2.09. The second kappa shape index (κ2) is 4.37. The molecule has 1 N–H and O–H groups in total. The Morgan fingerprint density at radius 1 is 1.31 bits per heavy atom. The van der Waals surface area contributed by atoms with Crippen molar-refractivity contribution in [2.45, 2.75) is 6.92 Å². The van der Waals surface area contributed by atoms with E-state index in [4.69, 9.17) is 0 Å². The number of pyridine rings is 1. The lowest BCUT2D eigenvalue weighted by molar-refractivity contribution is 0.469. The van der Waals surface area contributed by atoms with Gasteiger partial charge in [-0.05, 0) is 47.7 Å². The molecule has 0 aliphatic rings. The van der Waals surface area contributed by atoms with Crippen LogP contribution < -0.4 is 0 Å². The average molecular weight is 329 g/mol. The highest BCUT2D eigenvalue weighted by atomic mass is 127. The molecule has 0 atom stereocenters. The number of aromatic nitrogens is 1. The van der Waals surface area contributed by atoms with E-state index in [1.807, 2.05) is 35.6 Å². The van der Waals surface area contributed by atoms with Gasteiger partial charge in [-0.1, -0.05) is 6.07 Å². The summed E-state index contributed by atoms with van der Waals surface area (Å²) in [5, 5.41) is 9.55. The van der Waals surface area contributed by atoms with Gasteiger partial charge in [-0.15, -0.1) is 0 Å². The molecule has 0 fully saturated rings. The minimum atomic E-state index is -0.354. The summed E-state index contributed by atoms with van der Waals surface area (Å²) in [5.41, 5.74) is 1.90. The molecule has 2 aromatic rings. The first-order valence-corrected chi connectivity index (χ1v) is 5.77. The topological polar surface area (TPSA) is 33.1 Å². The van der Waals surface area contributed by atoms with Crippen molar-refractivity contribution < 1.29 is 9.50 Å². The molecule has 0 spiro atoms. The summed E-state index contributed by atoms with van der Waals surface area (Å²) in [5.74, 6) is -0.273. The molecule has 0 aliphatic heterocycles. The van der Waals surface area contributed by atoms with Crippen LogP contribution in [0.25, 0.3) is 11.1 Å². The summed E-state index contributed by atoms with van der Waals surface area (Å²) >= 11 is 1.89. The largest absolute Gasteiger partial charge is 0.507 e. The summed E-state index contributed by atoms with van der Waals surface area (Å²) in [7, 11) is 0. The summed E-state index contributed by atoms with van der Waals surface area (Å²) in [6.07, 6.45) is 1.60. The SMILES string of the molecule is Cc1ccc(-c2cc(O)c(I)cc2F)cn1. The lowest BCUT2D eigenvalue weighted by Crippen LogP contribution is -1.88. The standard InChI is InChI=1S/C12H9FINO/c1-7-2-3-8(6-15-7)9-4-12(16)11(14)5-10(9)13/h2-6,16H,1H3. The van der Waals surface area contributed by atoms with Crippen molar-refractivity contribution in [2.75, 3.05) is 0 Å². The smallest absolute Gasteiger partial charge is 0.132 e. The van der Waals surface area contributed by atoms with E-state index in [-0.39, 0.29) is 11.6 Å². The molecule has 0 unspecified atom stereocenters. The second-order valence-electron chi connectivity index (χ2n) is 3.47. The Kier molecular flexibility index (Phi) is 3.09. The highest BCUT2D eigenvalue weighted by molar-refractivity contribution is 14.1. The maximum Gasteiger partial charge on any atom is 0.132 e. The van der Waals surface area contributed by atoms with Crippen LogP contribution >= 0.6 is 22.6 Å². The van der Waals surface area contributed by atoms with Gasteiger partial charge in [-0.25, -0.2) is 4.39 Å². The Morgan fingerprint density at radius 2 is 2.06 bits per heavy atom. The number of benzene rings is 1. The van der Waals surface area contributed by atoms with Gasteiger partial charge >= 0.3 is 0 Å². The summed E-state index contributed by atoms with van der Waals surface area (Å²) in [4.78, 5) is 4.10. The van der Waals surface area contributed by atoms with Gasteiger partial charge in [0.25, 0.3) is 0 Å². The van der Waals surface area contributed by atoms with Crippen LogP contribution in [0.3, 0.4) is 0 Å². The highest BCUT2D eigenvalue weighted by Crippen LogP contribution is 2.29. The first-order chi connectivity index (χ1) is 7.58. The van der Waals surface area contributed by atoms with E-state index in [2.05, 4.69) is 4.98 Å². The van der Waals surface area contributed by atoms with Crippen LogP contribution in [0.5, 0.6) is 5.75 Å². The zero-order valence-electron chi connectivity index (χ0n) is 8.54. The molecule has 0 amide bonds. The van der Waals surface area contributed by atoms with Gasteiger partial charge in [0.2, 0.25) is 0 Å². The van der Waals surface area contributed by atoms with Crippen LogP contribution in [-0.4, -0.2) is 10.1 Å². The number of aromatic hydroxyl groups is 1. The lowest BCUT2D eigenvalue weighted by atomic mass is 10.1. The van der Waals surface area contributed by atoms with Gasteiger partial charge < -0.3 is 5.11 Å². The number of phenols is 1. The van der Waals surface area contributed by atoms with Crippen LogP contribution in [0.1, 0.15) is 5.69 Å². The predicted octanol–water partition coefficient (Wildman–Crippen LogP) is 3.51. The third-order valence-electron chi connectivity index (χ3n) is 2.26. The summed E-state index contributed by atoms with van der Waals surface area (Å²) in [6, 6.07) is 6.32. The van der Waals surface area contributed by atoms with Gasteiger partial charge in [0.05, 0.1) is 3.57 Å². The molecule has 1 aromatic heterocycles. The molecule has 0 saturated heterocycles. The molecule has 0 aliphatic carbocycles. The normalized spacial score (nSPS) is 10.4. The molecule has 16 heavy (non-hydrogen) atoms. The lowest BCUT2D eigenvalue weighted by Gasteiger charge is -2.05. The third kappa shape index (κ3) is 2.16. The number of hydrogen-bond donors (Lipinski definition) is 1. The quantitative estimate of drug-likeness (QED) is 0.813. The van der Waals surface area contributed by atoms with Gasteiger partial charge in [0.15, 0.2) is 0 Å². The molecule has 82 valence electrons. The maximum atomic E-state index is 13.7. The predicted molar refractivity (Wildman–Crippen MR) is 68.7 cm³/mol. The zero-order chi connectivity index (χ0) is 11.7. The Bertz CT molecular complexity index is 525. The van der Waals surface area contributed by atoms with Gasteiger partial charge in [-0.2, -0.15) is 0 Å². The van der Waals surface area contributed by atoms with Crippen LogP contribution in [0, 0.1) is 16.3 Å². The molecule has 0 radical (unpaired) electrons. The van der Waals surface area contributed by atoms with Crippen LogP contribution in [0.4, 0.5) is 4.39 Å². The Morgan fingerprint density at radius 3 is 2.69 bits per heavy atom. The molecular formula is C12H9FINO. The molecule has 0 bridgehead atoms. The summed E-state index contributed by atoms with van der Waals surface area (Å²) in [6.45, 7) is 1.87. The van der Waals surface area contributed by atoms with Crippen LogP contribution in [-0.2, 0) is 0 Å². The second-order valence-corrected chi connectivity index (χ2v) is 4.63. The fourth-order valence-corrected chi connectivity index (χ4v) is 1.82. The van der Waals surface area contributed by atoms with Crippen molar-refractivity contribution in [3.8, 4) is 16.9 Å². The van der Waals surface area contributed by atoms with E-state index in [1.54, 1.807) is 12.3 Å². The number of hydrogen-bond acceptors (Lipinski definition) is 2. The van der Waals surface area contributed by atoms with Gasteiger partial charge in [0, 0.05) is 23.0 Å². The first-order valence-electron chi connectivity index (χ1n) is 4.69. The Balaban J connectivity index is 2.56. The monoisotopic (exact) mass is 329 g/mol. The molecular weight excluding hydrogens is 320 g/mol. The Hall–Kier alpha value is -1.17. The van der Waals surface area contributed by atoms with Crippen molar-refractivity contribution in [3.05, 3.63) is 45.5 Å². The van der Waals surface area contributed by atoms with E-state index in [0.717, 1.165) is 5.69 Å². The number of phenolic OH excluding ortho intramolecular Hbond substituents is 1. The van der Waals surface area contributed by atoms with Gasteiger partial charge in [-0.3, -0.25) is 4.98 Å². The summed E-state index contributed by atoms with van der Waals surface area (Å²) < 4.78 is 14.2. The van der Waals surface area contributed by atoms with Crippen molar-refractivity contribution in [3.63, 3.8) is 0 Å². The maximum absolute atomic E-state index is 13.7. The van der Waals surface area contributed by atoms with E-state index in [1.165, 1.54) is 12.1 Å². The fraction of sp³-hybridized carbons (Fsp3) is 0.0833. The van der Waals surface area contributed by atoms with Crippen molar-refractivity contribution in [1.82, 2.24) is 4.98 Å². The third-order valence-corrected chi connectivity index (χ3v) is 3.12. The first kappa shape index (κ1) is 11.3. The van der Waals surface area contributed by atoms with Gasteiger partial charge in [0.1, 0.15) is 11.6 Å². The van der Waals surface area contributed by atoms with E-state index in [0.29, 0.717) is 14.7 Å². The van der Waals surface area contributed by atoms with E-state index >= 15 is 0 Å². The molecule has 2 rings (SSSR count). The number of halogens is 2. The molecule has 1 heterocycles. The van der Waals surface area contributed by atoms with E-state index in [9.17, 15) is 9.50 Å². The van der Waals surface area contributed by atoms with Crippen molar-refractivity contribution in [1.29, 1.82) is 0 Å². The Labute approximate surface area is 106 Å².